The van der Waals surface area contributed by atoms with Crippen LogP contribution in [0.5, 0.6) is 0 Å². The monoisotopic (exact) mass is 413 g/mol. The molecule has 0 bridgehead atoms. The molecule has 0 spiro atoms. The quantitative estimate of drug-likeness (QED) is 0.326. The third-order valence-electron chi connectivity index (χ3n) is 5.20. The number of nitrogens with zero attached hydrogens (tertiary/aromatic N) is 2. The van der Waals surface area contributed by atoms with E-state index in [-0.39, 0.29) is 0 Å². The first kappa shape index (κ1) is 22.4. The summed E-state index contributed by atoms with van der Waals surface area (Å²) in [5, 5.41) is 3.53. The van der Waals surface area contributed by atoms with Crippen molar-refractivity contribution >= 4 is 5.96 Å². The summed E-state index contributed by atoms with van der Waals surface area (Å²) < 4.78 is 16.8. The number of likely N-dealkylation sites (tertiary alicyclic amines) is 1. The maximum Gasteiger partial charge on any atom is 0.193 e. The maximum atomic E-state index is 5.97. The molecule has 0 aliphatic carbocycles. The van der Waals surface area contributed by atoms with E-state index in [1.807, 2.05) is 25.1 Å². The zero-order valence-electron chi connectivity index (χ0n) is 18.1. The van der Waals surface area contributed by atoms with Gasteiger partial charge >= 0.3 is 0 Å². The highest BCUT2D eigenvalue weighted by Gasteiger charge is 2.25. The molecule has 6 heteroatoms. The molecule has 0 amide bonds. The Hall–Kier alpha value is -2.31. The van der Waals surface area contributed by atoms with Crippen LogP contribution in [0.25, 0.3) is 0 Å². The van der Waals surface area contributed by atoms with E-state index < -0.39 is 0 Å². The zero-order chi connectivity index (χ0) is 20.9. The Morgan fingerprint density at radius 2 is 2.10 bits per heavy atom. The molecule has 1 saturated heterocycles. The van der Waals surface area contributed by atoms with Crippen LogP contribution in [0.15, 0.2) is 58.1 Å². The number of hydrogen-bond donors (Lipinski definition) is 1. The van der Waals surface area contributed by atoms with Crippen LogP contribution in [0.2, 0.25) is 0 Å². The maximum absolute atomic E-state index is 5.97. The number of nitrogens with one attached hydrogen (secondary N) is 1. The van der Waals surface area contributed by atoms with Gasteiger partial charge in [-0.3, -0.25) is 4.99 Å². The normalized spacial score (nSPS) is 16.9. The van der Waals surface area contributed by atoms with Crippen molar-refractivity contribution in [1.29, 1.82) is 0 Å². The fraction of sp³-hybridized carbons (Fsp3) is 0.542. The molecule has 3 rings (SSSR count). The first-order valence-electron chi connectivity index (χ1n) is 11.1. The summed E-state index contributed by atoms with van der Waals surface area (Å²) in [6.07, 6.45) is 4.64. The lowest BCUT2D eigenvalue weighted by molar-refractivity contribution is 0.0906. The van der Waals surface area contributed by atoms with Gasteiger partial charge in [-0.25, -0.2) is 0 Å². The molecule has 1 aliphatic rings. The van der Waals surface area contributed by atoms with Crippen LogP contribution in [0.4, 0.5) is 0 Å². The van der Waals surface area contributed by atoms with Gasteiger partial charge < -0.3 is 24.1 Å². The molecule has 0 radical (unpaired) electrons. The number of guanidine groups is 1. The number of aliphatic imine (C=N–C) groups is 1. The zero-order valence-corrected chi connectivity index (χ0v) is 18.1. The number of ether oxygens (including phenoxy) is 2. The molecule has 1 aromatic carbocycles. The van der Waals surface area contributed by atoms with Crippen molar-refractivity contribution in [1.82, 2.24) is 10.2 Å². The third-order valence-corrected chi connectivity index (χ3v) is 5.20. The van der Waals surface area contributed by atoms with E-state index in [1.54, 1.807) is 6.26 Å². The molecule has 0 saturated carbocycles. The summed E-state index contributed by atoms with van der Waals surface area (Å²) >= 11 is 0. The van der Waals surface area contributed by atoms with Gasteiger partial charge in [-0.05, 0) is 37.5 Å². The van der Waals surface area contributed by atoms with E-state index in [9.17, 15) is 0 Å². The first-order chi connectivity index (χ1) is 14.8. The fourth-order valence-corrected chi connectivity index (χ4v) is 3.59. The minimum absolute atomic E-state index is 0.536. The van der Waals surface area contributed by atoms with Gasteiger partial charge in [0.25, 0.3) is 0 Å². The van der Waals surface area contributed by atoms with Gasteiger partial charge in [-0.15, -0.1) is 0 Å². The second-order valence-electron chi connectivity index (χ2n) is 7.61. The summed E-state index contributed by atoms with van der Waals surface area (Å²) in [6.45, 7) is 8.58. The Bertz CT molecular complexity index is 719. The van der Waals surface area contributed by atoms with Gasteiger partial charge in [0.15, 0.2) is 5.96 Å². The molecule has 2 heterocycles. The van der Waals surface area contributed by atoms with E-state index in [4.69, 9.17) is 18.9 Å². The number of rotatable bonds is 12. The van der Waals surface area contributed by atoms with Crippen LogP contribution in [0.1, 0.15) is 31.1 Å². The van der Waals surface area contributed by atoms with Gasteiger partial charge in [0.1, 0.15) is 5.76 Å². The van der Waals surface area contributed by atoms with E-state index in [0.717, 1.165) is 77.0 Å². The minimum atomic E-state index is 0.536. The largest absolute Gasteiger partial charge is 0.469 e. The molecule has 30 heavy (non-hydrogen) atoms. The van der Waals surface area contributed by atoms with Crippen LogP contribution >= 0.6 is 0 Å². The standard InChI is InChI=1S/C24H35N3O3/c1-2-28-16-7-13-25-24(26-14-11-23-10-6-17-30-23)27-15-12-22(18-27)20-29-19-21-8-4-3-5-9-21/h3-6,8-10,17,22H,2,7,11-16,18-20H2,1H3,(H,25,26). The van der Waals surface area contributed by atoms with Gasteiger partial charge in [-0.1, -0.05) is 30.3 Å². The molecule has 6 nitrogen and oxygen atoms in total. The van der Waals surface area contributed by atoms with Crippen molar-refractivity contribution in [3.05, 3.63) is 60.1 Å². The molecular formula is C24H35N3O3. The number of hydrogen-bond acceptors (Lipinski definition) is 4. The van der Waals surface area contributed by atoms with E-state index >= 15 is 0 Å². The summed E-state index contributed by atoms with van der Waals surface area (Å²) in [6, 6.07) is 14.3. The molecule has 1 fully saturated rings. The lowest BCUT2D eigenvalue weighted by Gasteiger charge is -2.22. The number of benzene rings is 1. The van der Waals surface area contributed by atoms with Crippen molar-refractivity contribution in [3.63, 3.8) is 0 Å². The van der Waals surface area contributed by atoms with Gasteiger partial charge in [0, 0.05) is 51.7 Å². The average Bonchev–Trinajstić information content (AvgIpc) is 3.45. The highest BCUT2D eigenvalue weighted by atomic mass is 16.5. The smallest absolute Gasteiger partial charge is 0.193 e. The van der Waals surface area contributed by atoms with Crippen LogP contribution in [-0.2, 0) is 22.5 Å². The lowest BCUT2D eigenvalue weighted by atomic mass is 10.1. The Morgan fingerprint density at radius 3 is 2.90 bits per heavy atom. The molecule has 1 aromatic heterocycles. The number of furan rings is 1. The van der Waals surface area contributed by atoms with E-state index in [0.29, 0.717) is 12.5 Å². The Balaban J connectivity index is 1.44. The summed E-state index contributed by atoms with van der Waals surface area (Å²) in [5.74, 6) is 2.52. The molecule has 1 unspecified atom stereocenters. The van der Waals surface area contributed by atoms with E-state index in [1.165, 1.54) is 5.56 Å². The lowest BCUT2D eigenvalue weighted by Crippen LogP contribution is -2.41. The predicted molar refractivity (Wildman–Crippen MR) is 120 cm³/mol. The van der Waals surface area contributed by atoms with Crippen LogP contribution in [0, 0.1) is 5.92 Å². The third kappa shape index (κ3) is 7.84. The summed E-state index contributed by atoms with van der Waals surface area (Å²) in [5.41, 5.74) is 1.23. The Kier molecular flexibility index (Phi) is 9.76. The summed E-state index contributed by atoms with van der Waals surface area (Å²) in [7, 11) is 0. The van der Waals surface area contributed by atoms with Gasteiger partial charge in [-0.2, -0.15) is 0 Å². The van der Waals surface area contributed by atoms with Crippen molar-refractivity contribution in [2.24, 2.45) is 10.9 Å². The second kappa shape index (κ2) is 13.1. The van der Waals surface area contributed by atoms with Crippen LogP contribution in [0.3, 0.4) is 0 Å². The highest BCUT2D eigenvalue weighted by Crippen LogP contribution is 2.17. The Morgan fingerprint density at radius 1 is 1.20 bits per heavy atom. The topological polar surface area (TPSA) is 59.2 Å². The summed E-state index contributed by atoms with van der Waals surface area (Å²) in [4.78, 5) is 7.20. The van der Waals surface area contributed by atoms with Crippen LogP contribution < -0.4 is 5.32 Å². The van der Waals surface area contributed by atoms with Crippen LogP contribution in [-0.4, -0.2) is 56.9 Å². The molecule has 1 N–H and O–H groups in total. The van der Waals surface area contributed by atoms with E-state index in [2.05, 4.69) is 34.5 Å². The molecular weight excluding hydrogens is 378 g/mol. The second-order valence-corrected chi connectivity index (χ2v) is 7.61. The Labute approximate surface area is 180 Å². The molecule has 2 aromatic rings. The molecule has 1 aliphatic heterocycles. The van der Waals surface area contributed by atoms with Crippen molar-refractivity contribution in [2.75, 3.05) is 46.0 Å². The SMILES string of the molecule is CCOCCCN=C(NCCc1ccco1)N1CCC(COCc2ccccc2)C1. The van der Waals surface area contributed by atoms with Crippen molar-refractivity contribution < 1.29 is 13.9 Å². The average molecular weight is 414 g/mol. The first-order valence-corrected chi connectivity index (χ1v) is 11.1. The highest BCUT2D eigenvalue weighted by molar-refractivity contribution is 5.80. The van der Waals surface area contributed by atoms with Gasteiger partial charge in [0.2, 0.25) is 0 Å². The van der Waals surface area contributed by atoms with Crippen molar-refractivity contribution in [3.8, 4) is 0 Å². The fourth-order valence-electron chi connectivity index (χ4n) is 3.59. The van der Waals surface area contributed by atoms with Gasteiger partial charge in [0.05, 0.1) is 19.5 Å². The molecule has 164 valence electrons. The van der Waals surface area contributed by atoms with Crippen molar-refractivity contribution in [2.45, 2.75) is 32.8 Å². The minimum Gasteiger partial charge on any atom is -0.469 e. The predicted octanol–water partition coefficient (Wildman–Crippen LogP) is 3.73. The molecule has 1 atom stereocenters.